The molecule has 1 aliphatic rings. The van der Waals surface area contributed by atoms with Crippen molar-refractivity contribution in [1.82, 2.24) is 14.8 Å². The van der Waals surface area contributed by atoms with Gasteiger partial charge in [-0.15, -0.1) is 0 Å². The Morgan fingerprint density at radius 2 is 1.81 bits per heavy atom. The van der Waals surface area contributed by atoms with Crippen LogP contribution in [-0.4, -0.2) is 60.0 Å². The zero-order valence-electron chi connectivity index (χ0n) is 15.4. The van der Waals surface area contributed by atoms with E-state index in [0.717, 1.165) is 19.6 Å². The number of carbonyl (C=O) groups is 1. The number of aromatic nitrogens is 1. The maximum absolute atomic E-state index is 13.0. The Kier molecular flexibility index (Phi) is 6.07. The van der Waals surface area contributed by atoms with E-state index in [-0.39, 0.29) is 5.91 Å². The molecule has 6 nitrogen and oxygen atoms in total. The third-order valence-corrected chi connectivity index (χ3v) is 4.52. The number of likely N-dealkylation sites (N-methyl/N-ethyl adjacent to an activating group) is 2. The Labute approximate surface area is 154 Å². The number of pyridine rings is 1. The molecule has 1 amide bonds. The van der Waals surface area contributed by atoms with Crippen molar-refractivity contribution in [1.29, 1.82) is 0 Å². The lowest BCUT2D eigenvalue weighted by Crippen LogP contribution is -2.40. The second kappa shape index (κ2) is 8.67. The average molecular weight is 355 g/mol. The zero-order valence-corrected chi connectivity index (χ0v) is 15.4. The highest BCUT2D eigenvalue weighted by Crippen LogP contribution is 2.32. The molecular formula is C20H25N3O3. The first-order valence-electron chi connectivity index (χ1n) is 9.09. The third-order valence-electron chi connectivity index (χ3n) is 4.52. The van der Waals surface area contributed by atoms with Crippen LogP contribution in [0.25, 0.3) is 0 Å². The van der Waals surface area contributed by atoms with Gasteiger partial charge in [0, 0.05) is 32.4 Å². The lowest BCUT2D eigenvalue weighted by Gasteiger charge is -2.26. The molecule has 0 fully saturated rings. The number of hydrogen-bond donors (Lipinski definition) is 0. The van der Waals surface area contributed by atoms with Gasteiger partial charge in [-0.25, -0.2) is 4.98 Å². The standard InChI is InChI=1S/C20H25N3O3/c1-3-22-12-13-23(4-2)20(24)16-8-7-11-21-19(16)26-18-10-6-5-9-17(18)25-15-14-22/h5-11H,3-4,12-15H2,1-2H3. The van der Waals surface area contributed by atoms with E-state index in [1.165, 1.54) is 0 Å². The van der Waals surface area contributed by atoms with Gasteiger partial charge in [0.1, 0.15) is 12.2 Å². The molecule has 0 N–H and O–H groups in total. The first kappa shape index (κ1) is 18.2. The van der Waals surface area contributed by atoms with Gasteiger partial charge in [-0.05, 0) is 37.7 Å². The molecule has 3 rings (SSSR count). The van der Waals surface area contributed by atoms with E-state index in [1.807, 2.05) is 36.1 Å². The van der Waals surface area contributed by atoms with Crippen LogP contribution in [0.15, 0.2) is 42.6 Å². The largest absolute Gasteiger partial charge is 0.488 e. The molecular weight excluding hydrogens is 330 g/mol. The van der Waals surface area contributed by atoms with Crippen LogP contribution in [0.5, 0.6) is 17.4 Å². The summed E-state index contributed by atoms with van der Waals surface area (Å²) in [6, 6.07) is 11.0. The second-order valence-electron chi connectivity index (χ2n) is 6.07. The highest BCUT2D eigenvalue weighted by molar-refractivity contribution is 5.96. The molecule has 1 aromatic carbocycles. The van der Waals surface area contributed by atoms with Gasteiger partial charge in [-0.1, -0.05) is 19.1 Å². The Bertz CT molecular complexity index is 751. The number of para-hydroxylation sites is 2. The van der Waals surface area contributed by atoms with Gasteiger partial charge in [0.15, 0.2) is 11.5 Å². The van der Waals surface area contributed by atoms with Crippen molar-refractivity contribution < 1.29 is 14.3 Å². The minimum Gasteiger partial charge on any atom is -0.488 e. The van der Waals surface area contributed by atoms with Crippen LogP contribution < -0.4 is 9.47 Å². The topological polar surface area (TPSA) is 54.9 Å². The molecule has 0 bridgehead atoms. The number of hydrogen-bond acceptors (Lipinski definition) is 5. The van der Waals surface area contributed by atoms with E-state index < -0.39 is 0 Å². The van der Waals surface area contributed by atoms with E-state index >= 15 is 0 Å². The van der Waals surface area contributed by atoms with Crippen LogP contribution in [0.4, 0.5) is 0 Å². The highest BCUT2D eigenvalue weighted by Gasteiger charge is 2.21. The van der Waals surface area contributed by atoms with Gasteiger partial charge in [0.25, 0.3) is 5.91 Å². The summed E-state index contributed by atoms with van der Waals surface area (Å²) in [5.41, 5.74) is 0.464. The number of carbonyl (C=O) groups excluding carboxylic acids is 1. The Balaban J connectivity index is 1.99. The summed E-state index contributed by atoms with van der Waals surface area (Å²) in [5, 5.41) is 0. The molecule has 6 heteroatoms. The van der Waals surface area contributed by atoms with Gasteiger partial charge in [0.05, 0.1) is 0 Å². The van der Waals surface area contributed by atoms with Crippen LogP contribution >= 0.6 is 0 Å². The predicted octanol–water partition coefficient (Wildman–Crippen LogP) is 3.05. The molecule has 0 unspecified atom stereocenters. The summed E-state index contributed by atoms with van der Waals surface area (Å²) in [6.45, 7) is 8.46. The van der Waals surface area contributed by atoms with Crippen molar-refractivity contribution in [2.24, 2.45) is 0 Å². The number of nitrogens with zero attached hydrogens (tertiary/aromatic N) is 3. The van der Waals surface area contributed by atoms with Gasteiger partial charge in [-0.3, -0.25) is 9.69 Å². The first-order chi connectivity index (χ1) is 12.7. The molecule has 138 valence electrons. The predicted molar refractivity (Wildman–Crippen MR) is 99.9 cm³/mol. The molecule has 2 aromatic rings. The van der Waals surface area contributed by atoms with E-state index in [0.29, 0.717) is 42.6 Å². The number of amides is 1. The normalized spacial score (nSPS) is 16.2. The lowest BCUT2D eigenvalue weighted by atomic mass is 10.2. The van der Waals surface area contributed by atoms with Gasteiger partial charge in [0.2, 0.25) is 5.88 Å². The van der Waals surface area contributed by atoms with Crippen molar-refractivity contribution >= 4 is 5.91 Å². The summed E-state index contributed by atoms with van der Waals surface area (Å²) < 4.78 is 11.9. The summed E-state index contributed by atoms with van der Waals surface area (Å²) in [5.74, 6) is 1.45. The molecule has 0 spiro atoms. The van der Waals surface area contributed by atoms with Crippen LogP contribution in [0, 0.1) is 0 Å². The van der Waals surface area contributed by atoms with Crippen molar-refractivity contribution in [3.05, 3.63) is 48.2 Å². The SMILES string of the molecule is CCN1CCOc2ccccc2Oc2ncccc2C(=O)N(CC)CC1. The average Bonchev–Trinajstić information content (AvgIpc) is 2.68. The smallest absolute Gasteiger partial charge is 0.259 e. The van der Waals surface area contributed by atoms with Crippen LogP contribution in [0.2, 0.25) is 0 Å². The van der Waals surface area contributed by atoms with Gasteiger partial charge in [-0.2, -0.15) is 0 Å². The number of benzene rings is 1. The molecule has 26 heavy (non-hydrogen) atoms. The maximum atomic E-state index is 13.0. The van der Waals surface area contributed by atoms with Crippen molar-refractivity contribution in [3.8, 4) is 17.4 Å². The van der Waals surface area contributed by atoms with Gasteiger partial charge < -0.3 is 14.4 Å². The quantitative estimate of drug-likeness (QED) is 0.829. The van der Waals surface area contributed by atoms with Crippen LogP contribution in [-0.2, 0) is 0 Å². The van der Waals surface area contributed by atoms with Crippen LogP contribution in [0.1, 0.15) is 24.2 Å². The van der Waals surface area contributed by atoms with E-state index in [2.05, 4.69) is 16.8 Å². The van der Waals surface area contributed by atoms with E-state index in [1.54, 1.807) is 18.3 Å². The number of rotatable bonds is 2. The highest BCUT2D eigenvalue weighted by atomic mass is 16.5. The summed E-state index contributed by atoms with van der Waals surface area (Å²) in [6.07, 6.45) is 1.63. The number of fused-ring (bicyclic) bond motifs is 2. The minimum atomic E-state index is -0.0655. The maximum Gasteiger partial charge on any atom is 0.259 e. The monoisotopic (exact) mass is 355 g/mol. The number of ether oxygens (including phenoxy) is 2. The van der Waals surface area contributed by atoms with Crippen molar-refractivity contribution in [3.63, 3.8) is 0 Å². The fourth-order valence-electron chi connectivity index (χ4n) is 2.94. The molecule has 0 atom stereocenters. The van der Waals surface area contributed by atoms with Crippen LogP contribution in [0.3, 0.4) is 0 Å². The third kappa shape index (κ3) is 4.14. The molecule has 0 aliphatic carbocycles. The fraction of sp³-hybridized carbons (Fsp3) is 0.400. The molecule has 1 aliphatic heterocycles. The van der Waals surface area contributed by atoms with Crippen molar-refractivity contribution in [2.45, 2.75) is 13.8 Å². The molecule has 0 saturated carbocycles. The van der Waals surface area contributed by atoms with Crippen molar-refractivity contribution in [2.75, 3.05) is 39.3 Å². The van der Waals surface area contributed by atoms with E-state index in [4.69, 9.17) is 9.47 Å². The first-order valence-corrected chi connectivity index (χ1v) is 9.09. The summed E-state index contributed by atoms with van der Waals surface area (Å²) >= 11 is 0. The van der Waals surface area contributed by atoms with Gasteiger partial charge >= 0.3 is 0 Å². The molecule has 2 heterocycles. The fourth-order valence-corrected chi connectivity index (χ4v) is 2.94. The summed E-state index contributed by atoms with van der Waals surface area (Å²) in [4.78, 5) is 21.4. The Morgan fingerprint density at radius 3 is 2.58 bits per heavy atom. The van der Waals surface area contributed by atoms with E-state index in [9.17, 15) is 4.79 Å². The zero-order chi connectivity index (χ0) is 18.4. The molecule has 0 saturated heterocycles. The molecule has 0 radical (unpaired) electrons. The summed E-state index contributed by atoms with van der Waals surface area (Å²) in [7, 11) is 0. The Hall–Kier alpha value is -2.60. The minimum absolute atomic E-state index is 0.0655. The lowest BCUT2D eigenvalue weighted by molar-refractivity contribution is 0.0740. The Morgan fingerprint density at radius 1 is 1.00 bits per heavy atom. The second-order valence-corrected chi connectivity index (χ2v) is 6.07. The molecule has 1 aromatic heterocycles.